The van der Waals surface area contributed by atoms with Crippen molar-refractivity contribution in [3.05, 3.63) is 29.3 Å². The van der Waals surface area contributed by atoms with Gasteiger partial charge in [0.25, 0.3) is 0 Å². The molecule has 0 radical (unpaired) electrons. The summed E-state index contributed by atoms with van der Waals surface area (Å²) in [6.07, 6.45) is 0.228. The second-order valence-electron chi connectivity index (χ2n) is 4.35. The molecule has 20 heavy (non-hydrogen) atoms. The van der Waals surface area contributed by atoms with Gasteiger partial charge in [-0.1, -0.05) is 35.1 Å². The molecule has 0 spiro atoms. The quantitative estimate of drug-likeness (QED) is 0.784. The van der Waals surface area contributed by atoms with Crippen molar-refractivity contribution >= 4 is 57.0 Å². The van der Waals surface area contributed by atoms with Crippen molar-refractivity contribution in [2.75, 3.05) is 17.2 Å². The summed E-state index contributed by atoms with van der Waals surface area (Å²) in [5.74, 6) is 0.619. The average molecular weight is 327 g/mol. The molecule has 0 saturated carbocycles. The molecule has 1 aromatic rings. The van der Waals surface area contributed by atoms with Gasteiger partial charge in [0, 0.05) is 17.2 Å². The number of imide groups is 1. The maximum Gasteiger partial charge on any atom is 0.247 e. The molecule has 0 N–H and O–H groups in total. The maximum absolute atomic E-state index is 12.4. The fraction of sp³-hybridized carbons (Fsp3) is 0.308. The number of thioether (sulfide) groups is 2. The number of hydrogen-bond donors (Lipinski definition) is 0. The zero-order chi connectivity index (χ0) is 14.1. The first kappa shape index (κ1) is 14.0. The highest BCUT2D eigenvalue weighted by molar-refractivity contribution is 8.39. The molecule has 4 nitrogen and oxygen atoms in total. The molecule has 1 atom stereocenters. The average Bonchev–Trinajstić information content (AvgIpc) is 3.02. The second kappa shape index (κ2) is 5.79. The van der Waals surface area contributed by atoms with Crippen LogP contribution in [0, 0.1) is 0 Å². The molecule has 1 unspecified atom stereocenters. The molecule has 7 heteroatoms. The molecule has 0 bridgehead atoms. The minimum Gasteiger partial charge on any atom is -0.274 e. The van der Waals surface area contributed by atoms with Gasteiger partial charge in [-0.2, -0.15) is 0 Å². The fourth-order valence-electron chi connectivity index (χ4n) is 2.07. The summed E-state index contributed by atoms with van der Waals surface area (Å²) in [5, 5.41) is 0.220. The lowest BCUT2D eigenvalue weighted by Crippen LogP contribution is -2.31. The van der Waals surface area contributed by atoms with E-state index in [-0.39, 0.29) is 23.5 Å². The lowest BCUT2D eigenvalue weighted by molar-refractivity contribution is -0.121. The third-order valence-corrected chi connectivity index (χ3v) is 5.63. The SMILES string of the molecule is O=C1CC(SC2=NCCS2)C(=O)N1c1ccc(Cl)cc1. The van der Waals surface area contributed by atoms with Crippen LogP contribution in [0.2, 0.25) is 5.02 Å². The Balaban J connectivity index is 1.77. The van der Waals surface area contributed by atoms with Crippen LogP contribution in [0.5, 0.6) is 0 Å². The van der Waals surface area contributed by atoms with Gasteiger partial charge >= 0.3 is 0 Å². The molecule has 104 valence electrons. The summed E-state index contributed by atoms with van der Waals surface area (Å²) in [7, 11) is 0. The van der Waals surface area contributed by atoms with Crippen molar-refractivity contribution in [2.45, 2.75) is 11.7 Å². The molecule has 1 fully saturated rings. The standard InChI is InChI=1S/C13H11ClN2O2S2/c14-8-1-3-9(4-2-8)16-11(17)7-10(12(16)18)20-13-15-5-6-19-13/h1-4,10H,5-7H2. The van der Waals surface area contributed by atoms with Gasteiger partial charge in [-0.25, -0.2) is 4.90 Å². The highest BCUT2D eigenvalue weighted by atomic mass is 35.5. The number of amides is 2. The fourth-order valence-corrected chi connectivity index (χ4v) is 4.44. The second-order valence-corrected chi connectivity index (χ2v) is 7.32. The topological polar surface area (TPSA) is 49.7 Å². The van der Waals surface area contributed by atoms with Gasteiger partial charge < -0.3 is 0 Å². The van der Waals surface area contributed by atoms with E-state index in [1.807, 2.05) is 0 Å². The monoisotopic (exact) mass is 326 g/mol. The zero-order valence-electron chi connectivity index (χ0n) is 10.4. The van der Waals surface area contributed by atoms with Crippen molar-refractivity contribution in [1.29, 1.82) is 0 Å². The van der Waals surface area contributed by atoms with E-state index in [0.29, 0.717) is 10.7 Å². The van der Waals surface area contributed by atoms with E-state index in [4.69, 9.17) is 11.6 Å². The van der Waals surface area contributed by atoms with Crippen molar-refractivity contribution in [1.82, 2.24) is 0 Å². The van der Waals surface area contributed by atoms with Gasteiger partial charge in [0.2, 0.25) is 11.8 Å². The molecule has 2 heterocycles. The molecule has 3 rings (SSSR count). The smallest absolute Gasteiger partial charge is 0.247 e. The summed E-state index contributed by atoms with van der Waals surface area (Å²) in [5.41, 5.74) is 0.577. The molecule has 1 saturated heterocycles. The van der Waals surface area contributed by atoms with Crippen molar-refractivity contribution in [3.8, 4) is 0 Å². The van der Waals surface area contributed by atoms with E-state index in [1.165, 1.54) is 16.7 Å². The Morgan fingerprint density at radius 2 is 2.05 bits per heavy atom. The van der Waals surface area contributed by atoms with Crippen molar-refractivity contribution < 1.29 is 9.59 Å². The molecule has 2 amide bonds. The van der Waals surface area contributed by atoms with Crippen LogP contribution in [-0.2, 0) is 9.59 Å². The molecule has 2 aliphatic rings. The summed E-state index contributed by atoms with van der Waals surface area (Å²) in [6.45, 7) is 0.794. The number of aliphatic imine (C=N–C) groups is 1. The molecule has 0 aliphatic carbocycles. The summed E-state index contributed by atoms with van der Waals surface area (Å²) in [6, 6.07) is 6.73. The van der Waals surface area contributed by atoms with E-state index in [9.17, 15) is 9.59 Å². The maximum atomic E-state index is 12.4. The number of carbonyl (C=O) groups is 2. The predicted octanol–water partition coefficient (Wildman–Crippen LogP) is 2.81. The first-order valence-corrected chi connectivity index (χ1v) is 8.36. The van der Waals surface area contributed by atoms with E-state index >= 15 is 0 Å². The van der Waals surface area contributed by atoms with Gasteiger partial charge in [-0.05, 0) is 24.3 Å². The first-order valence-electron chi connectivity index (χ1n) is 6.11. The molecular weight excluding hydrogens is 316 g/mol. The van der Waals surface area contributed by atoms with E-state index < -0.39 is 0 Å². The van der Waals surface area contributed by atoms with E-state index in [2.05, 4.69) is 4.99 Å². The Morgan fingerprint density at radius 1 is 1.30 bits per heavy atom. The number of nitrogens with zero attached hydrogens (tertiary/aromatic N) is 2. The van der Waals surface area contributed by atoms with Gasteiger partial charge in [0.15, 0.2) is 0 Å². The largest absolute Gasteiger partial charge is 0.274 e. The van der Waals surface area contributed by atoms with Crippen LogP contribution in [-0.4, -0.2) is 33.7 Å². The van der Waals surface area contributed by atoms with E-state index in [1.54, 1.807) is 36.0 Å². The molecular formula is C13H11ClN2O2S2. The summed E-state index contributed by atoms with van der Waals surface area (Å²) >= 11 is 8.87. The van der Waals surface area contributed by atoms with E-state index in [0.717, 1.165) is 16.7 Å². The summed E-state index contributed by atoms with van der Waals surface area (Å²) < 4.78 is 0.911. The van der Waals surface area contributed by atoms with Crippen LogP contribution in [0.3, 0.4) is 0 Å². The summed E-state index contributed by atoms with van der Waals surface area (Å²) in [4.78, 5) is 30.0. The van der Waals surface area contributed by atoms with Gasteiger partial charge in [-0.15, -0.1) is 0 Å². The number of rotatable bonds is 2. The normalized spacial score (nSPS) is 22.6. The lowest BCUT2D eigenvalue weighted by atomic mass is 10.3. The van der Waals surface area contributed by atoms with Crippen molar-refractivity contribution in [2.24, 2.45) is 4.99 Å². The van der Waals surface area contributed by atoms with Crippen LogP contribution in [0.1, 0.15) is 6.42 Å². The number of carbonyl (C=O) groups excluding carboxylic acids is 2. The Morgan fingerprint density at radius 3 is 2.70 bits per heavy atom. The van der Waals surface area contributed by atoms with Gasteiger partial charge in [-0.3, -0.25) is 14.6 Å². The number of benzene rings is 1. The molecule has 0 aromatic heterocycles. The van der Waals surface area contributed by atoms with Crippen LogP contribution < -0.4 is 4.90 Å². The Hall–Kier alpha value is -0.980. The Bertz CT molecular complexity index is 589. The number of anilines is 1. The highest BCUT2D eigenvalue weighted by Gasteiger charge is 2.40. The third kappa shape index (κ3) is 2.73. The first-order chi connectivity index (χ1) is 9.65. The minimum absolute atomic E-state index is 0.168. The van der Waals surface area contributed by atoms with Crippen LogP contribution in [0.15, 0.2) is 29.3 Å². The van der Waals surface area contributed by atoms with Crippen LogP contribution >= 0.6 is 35.1 Å². The highest BCUT2D eigenvalue weighted by Crippen LogP contribution is 2.34. The number of hydrogen-bond acceptors (Lipinski definition) is 5. The molecule has 1 aromatic carbocycles. The van der Waals surface area contributed by atoms with Gasteiger partial charge in [0.1, 0.15) is 9.63 Å². The van der Waals surface area contributed by atoms with Crippen LogP contribution in [0.25, 0.3) is 0 Å². The minimum atomic E-state index is -0.359. The lowest BCUT2D eigenvalue weighted by Gasteiger charge is -2.14. The Kier molecular flexibility index (Phi) is 4.05. The number of halogens is 1. The molecule has 2 aliphatic heterocycles. The Labute approximate surface area is 130 Å². The predicted molar refractivity (Wildman–Crippen MR) is 84.7 cm³/mol. The van der Waals surface area contributed by atoms with Crippen molar-refractivity contribution in [3.63, 3.8) is 0 Å². The zero-order valence-corrected chi connectivity index (χ0v) is 12.8. The third-order valence-electron chi connectivity index (χ3n) is 2.99. The van der Waals surface area contributed by atoms with Gasteiger partial charge in [0.05, 0.1) is 12.2 Å². The van der Waals surface area contributed by atoms with Crippen LogP contribution in [0.4, 0.5) is 5.69 Å².